The maximum absolute atomic E-state index is 12.8. The average Bonchev–Trinajstić information content (AvgIpc) is 2.83. The van der Waals surface area contributed by atoms with E-state index in [1.807, 2.05) is 0 Å². The average molecular weight is 429 g/mol. The molecule has 0 aliphatic carbocycles. The molecule has 2 rings (SSSR count). The Balaban J connectivity index is 2.05. The third-order valence-electron chi connectivity index (χ3n) is 5.14. The molecule has 2 amide bonds. The number of aliphatic hydroxyl groups excluding tert-OH is 1. The lowest BCUT2D eigenvalue weighted by molar-refractivity contribution is -0.646. The van der Waals surface area contributed by atoms with E-state index in [1.165, 1.54) is 18.2 Å². The first kappa shape index (κ1) is 23.0. The Morgan fingerprint density at radius 1 is 1.38 bits per heavy atom. The quantitative estimate of drug-likeness (QED) is 0.377. The summed E-state index contributed by atoms with van der Waals surface area (Å²) in [4.78, 5) is 23.6. The van der Waals surface area contributed by atoms with E-state index in [4.69, 9.17) is 5.73 Å². The van der Waals surface area contributed by atoms with E-state index in [-0.39, 0.29) is 30.1 Å². The molecule has 0 spiro atoms. The van der Waals surface area contributed by atoms with Crippen LogP contribution in [-0.4, -0.2) is 54.9 Å². The highest BCUT2D eigenvalue weighted by atomic mass is 32.2. The van der Waals surface area contributed by atoms with Crippen molar-refractivity contribution in [2.45, 2.75) is 50.3 Å². The van der Waals surface area contributed by atoms with Crippen LogP contribution in [0, 0.1) is 17.0 Å². The summed E-state index contributed by atoms with van der Waals surface area (Å²) in [7, 11) is -4.08. The van der Waals surface area contributed by atoms with Gasteiger partial charge in [-0.25, -0.2) is 8.42 Å². The van der Waals surface area contributed by atoms with E-state index in [2.05, 4.69) is 5.32 Å². The number of carbonyl (C=O) groups excluding carboxylic acids is 2. The first-order valence-corrected chi connectivity index (χ1v) is 10.9. The molecule has 11 heteroatoms. The summed E-state index contributed by atoms with van der Waals surface area (Å²) in [6.45, 7) is 3.18. The molecule has 1 aliphatic rings. The summed E-state index contributed by atoms with van der Waals surface area (Å²) in [5.74, 6) is -1.77. The number of β-amino-alcohol motifs (C(OH)–C–C–N with tert-alkyl or cyclic N) is 1. The van der Waals surface area contributed by atoms with Crippen LogP contribution in [0.15, 0.2) is 29.4 Å². The van der Waals surface area contributed by atoms with Crippen LogP contribution in [0.5, 0.6) is 0 Å². The number of rotatable bonds is 7. The summed E-state index contributed by atoms with van der Waals surface area (Å²) in [6.07, 6.45) is 1.02. The fourth-order valence-electron chi connectivity index (χ4n) is 3.32. The van der Waals surface area contributed by atoms with Crippen LogP contribution < -0.4 is 15.8 Å². The van der Waals surface area contributed by atoms with E-state index in [0.717, 1.165) is 10.5 Å². The molecule has 1 saturated heterocycles. The van der Waals surface area contributed by atoms with Crippen LogP contribution in [0.2, 0.25) is 0 Å². The number of aliphatic hydroxyl groups is 1. The number of nitrogens with two attached hydrogens (primary N) is 1. The van der Waals surface area contributed by atoms with Gasteiger partial charge in [0.15, 0.2) is 6.20 Å². The van der Waals surface area contributed by atoms with Gasteiger partial charge < -0.3 is 21.4 Å². The Morgan fingerprint density at radius 2 is 2.07 bits per heavy atom. The van der Waals surface area contributed by atoms with Crippen molar-refractivity contribution in [1.82, 2.24) is 9.62 Å². The maximum atomic E-state index is 12.8. The van der Waals surface area contributed by atoms with Crippen molar-refractivity contribution in [2.75, 3.05) is 13.1 Å². The van der Waals surface area contributed by atoms with Crippen molar-refractivity contribution in [1.29, 1.82) is 0 Å². The number of nitrogens with one attached hydrogen (secondary N) is 1. The minimum Gasteiger partial charge on any atom is -0.618 e. The van der Waals surface area contributed by atoms with Gasteiger partial charge in [0, 0.05) is 37.1 Å². The van der Waals surface area contributed by atoms with Crippen molar-refractivity contribution >= 4 is 21.8 Å². The van der Waals surface area contributed by atoms with Crippen LogP contribution in [0.1, 0.15) is 33.1 Å². The lowest BCUT2D eigenvalue weighted by Crippen LogP contribution is -2.49. The molecule has 29 heavy (non-hydrogen) atoms. The second kappa shape index (κ2) is 9.51. The Labute approximate surface area is 170 Å². The highest BCUT2D eigenvalue weighted by Gasteiger charge is 2.37. The SMILES string of the molecule is CC(CC(C)C(=O)NC1CCCN(S(=O)(=O)c2cccc[n+]2[O-])CC1O)C(N)=O. The predicted octanol–water partition coefficient (Wildman–Crippen LogP) is -0.902. The molecule has 162 valence electrons. The monoisotopic (exact) mass is 428 g/mol. The Kier molecular flexibility index (Phi) is 7.55. The van der Waals surface area contributed by atoms with Gasteiger partial charge in [-0.2, -0.15) is 9.04 Å². The van der Waals surface area contributed by atoms with Crippen molar-refractivity contribution in [3.63, 3.8) is 0 Å². The number of hydrogen-bond donors (Lipinski definition) is 3. The minimum absolute atomic E-state index is 0.120. The predicted molar refractivity (Wildman–Crippen MR) is 103 cm³/mol. The number of amides is 2. The maximum Gasteiger partial charge on any atom is 0.323 e. The summed E-state index contributed by atoms with van der Waals surface area (Å²) < 4.78 is 26.9. The third kappa shape index (κ3) is 5.64. The second-order valence-electron chi connectivity index (χ2n) is 7.49. The highest BCUT2D eigenvalue weighted by molar-refractivity contribution is 7.88. The Hall–Kier alpha value is -2.24. The molecule has 0 bridgehead atoms. The topological polar surface area (TPSA) is 157 Å². The van der Waals surface area contributed by atoms with Gasteiger partial charge in [-0.3, -0.25) is 9.59 Å². The van der Waals surface area contributed by atoms with Gasteiger partial charge in [-0.05, 0) is 25.3 Å². The van der Waals surface area contributed by atoms with E-state index in [9.17, 15) is 28.3 Å². The number of carbonyl (C=O) groups is 2. The van der Waals surface area contributed by atoms with Gasteiger partial charge in [-0.15, -0.1) is 0 Å². The number of aromatic nitrogens is 1. The zero-order valence-corrected chi connectivity index (χ0v) is 17.3. The molecule has 0 saturated carbocycles. The largest absolute Gasteiger partial charge is 0.618 e. The molecule has 1 fully saturated rings. The Bertz CT molecular complexity index is 847. The zero-order chi connectivity index (χ0) is 21.8. The van der Waals surface area contributed by atoms with E-state index < -0.39 is 44.9 Å². The lowest BCUT2D eigenvalue weighted by atomic mass is 9.95. The molecule has 1 aromatic rings. The molecule has 4 atom stereocenters. The standard InChI is InChI=1S/C18H28N4O6S/c1-12(17(19)24)10-13(2)18(25)20-14-6-5-8-21(11-15(14)23)29(27,28)16-7-3-4-9-22(16)26/h3-4,7,9,12-15,23H,5-6,8,10-11H2,1-2H3,(H2,19,24)(H,20,25). The molecule has 10 nitrogen and oxygen atoms in total. The van der Waals surface area contributed by atoms with Gasteiger partial charge in [-0.1, -0.05) is 13.8 Å². The van der Waals surface area contributed by atoms with Crippen LogP contribution in [0.4, 0.5) is 0 Å². The Morgan fingerprint density at radius 3 is 2.69 bits per heavy atom. The van der Waals surface area contributed by atoms with Crippen molar-refractivity contribution in [3.05, 3.63) is 29.6 Å². The van der Waals surface area contributed by atoms with Crippen molar-refractivity contribution in [2.24, 2.45) is 17.6 Å². The molecule has 4 N–H and O–H groups in total. The third-order valence-corrected chi connectivity index (χ3v) is 6.99. The fraction of sp³-hybridized carbons (Fsp3) is 0.611. The first-order chi connectivity index (χ1) is 13.5. The molecule has 4 unspecified atom stereocenters. The number of sulfonamides is 1. The van der Waals surface area contributed by atoms with Gasteiger partial charge in [0.05, 0.1) is 12.1 Å². The van der Waals surface area contributed by atoms with Gasteiger partial charge in [0.1, 0.15) is 0 Å². The fourth-order valence-corrected chi connectivity index (χ4v) is 4.84. The molecule has 1 aliphatic heterocycles. The van der Waals surface area contributed by atoms with E-state index >= 15 is 0 Å². The highest BCUT2D eigenvalue weighted by Crippen LogP contribution is 2.20. The number of nitrogens with zero attached hydrogens (tertiary/aromatic N) is 2. The van der Waals surface area contributed by atoms with E-state index in [0.29, 0.717) is 12.8 Å². The molecular formula is C18H28N4O6S. The first-order valence-electron chi connectivity index (χ1n) is 9.50. The number of pyridine rings is 1. The summed E-state index contributed by atoms with van der Waals surface area (Å²) in [5, 5.41) is 24.7. The number of hydrogen-bond acceptors (Lipinski definition) is 6. The van der Waals surface area contributed by atoms with Crippen molar-refractivity contribution < 1.29 is 27.8 Å². The van der Waals surface area contributed by atoms with Crippen molar-refractivity contribution in [3.8, 4) is 0 Å². The zero-order valence-electron chi connectivity index (χ0n) is 16.5. The molecule has 1 aromatic heterocycles. The van der Waals surface area contributed by atoms with Gasteiger partial charge in [0.25, 0.3) is 0 Å². The summed E-state index contributed by atoms with van der Waals surface area (Å²) >= 11 is 0. The smallest absolute Gasteiger partial charge is 0.323 e. The van der Waals surface area contributed by atoms with Crippen LogP contribution in [-0.2, 0) is 19.6 Å². The van der Waals surface area contributed by atoms with Crippen LogP contribution in [0.25, 0.3) is 0 Å². The lowest BCUT2D eigenvalue weighted by Gasteiger charge is -2.26. The molecule has 2 heterocycles. The summed E-state index contributed by atoms with van der Waals surface area (Å²) in [6, 6.07) is 3.45. The minimum atomic E-state index is -4.08. The normalized spacial score (nSPS) is 23.0. The molecule has 0 radical (unpaired) electrons. The van der Waals surface area contributed by atoms with E-state index in [1.54, 1.807) is 13.8 Å². The number of primary amides is 1. The second-order valence-corrected chi connectivity index (χ2v) is 9.38. The van der Waals surface area contributed by atoms with Crippen LogP contribution in [0.3, 0.4) is 0 Å². The van der Waals surface area contributed by atoms with Crippen LogP contribution >= 0.6 is 0 Å². The summed E-state index contributed by atoms with van der Waals surface area (Å²) in [5.41, 5.74) is 5.23. The molecule has 0 aromatic carbocycles. The van der Waals surface area contributed by atoms with Gasteiger partial charge >= 0.3 is 15.0 Å². The van der Waals surface area contributed by atoms with Gasteiger partial charge in [0.2, 0.25) is 11.8 Å². The molecular weight excluding hydrogens is 400 g/mol.